The lowest BCUT2D eigenvalue weighted by Gasteiger charge is -2.28. The van der Waals surface area contributed by atoms with Gasteiger partial charge in [-0.1, -0.05) is 26.0 Å². The number of benzene rings is 1. The Morgan fingerprint density at radius 2 is 2.00 bits per heavy atom. The maximum atomic E-state index is 15.1. The van der Waals surface area contributed by atoms with Crippen LogP contribution in [-0.2, 0) is 21.3 Å². The molecule has 3 heterocycles. The van der Waals surface area contributed by atoms with Gasteiger partial charge in [-0.15, -0.1) is 5.10 Å². The summed E-state index contributed by atoms with van der Waals surface area (Å²) in [5.74, 6) is -0.465. The molecule has 182 valence electrons. The highest BCUT2D eigenvalue weighted by molar-refractivity contribution is 6.31. The molecule has 0 N–H and O–H groups in total. The van der Waals surface area contributed by atoms with Crippen LogP contribution in [0.5, 0.6) is 0 Å². The first kappa shape index (κ1) is 24.1. The monoisotopic (exact) mass is 486 g/mol. The van der Waals surface area contributed by atoms with Crippen molar-refractivity contribution in [2.45, 2.75) is 64.8 Å². The minimum absolute atomic E-state index is 0.158. The summed E-state index contributed by atoms with van der Waals surface area (Å²) in [4.78, 5) is 18.3. The molecule has 11 heteroatoms. The van der Waals surface area contributed by atoms with Gasteiger partial charge in [-0.3, -0.25) is 4.90 Å². The van der Waals surface area contributed by atoms with Crippen molar-refractivity contribution in [3.8, 4) is 5.69 Å². The Morgan fingerprint density at radius 3 is 2.65 bits per heavy atom. The van der Waals surface area contributed by atoms with Gasteiger partial charge >= 0.3 is 6.09 Å². The fraction of sp³-hybridized carbons (Fsp3) is 0.478. The van der Waals surface area contributed by atoms with E-state index in [0.29, 0.717) is 24.5 Å². The lowest BCUT2D eigenvalue weighted by Crippen LogP contribution is -2.28. The first-order valence-corrected chi connectivity index (χ1v) is 12.5. The van der Waals surface area contributed by atoms with Crippen LogP contribution in [0.4, 0.5) is 14.9 Å². The van der Waals surface area contributed by atoms with Crippen LogP contribution in [-0.4, -0.2) is 53.1 Å². The number of aromatic nitrogens is 5. The maximum Gasteiger partial charge on any atom is 0.414 e. The van der Waals surface area contributed by atoms with E-state index >= 15 is 4.39 Å². The van der Waals surface area contributed by atoms with E-state index in [-0.39, 0.29) is 5.04 Å². The number of amides is 1. The second-order valence-corrected chi connectivity index (χ2v) is 13.1. The molecule has 1 fully saturated rings. The summed E-state index contributed by atoms with van der Waals surface area (Å²) >= 11 is 0. The van der Waals surface area contributed by atoms with Crippen molar-refractivity contribution in [2.75, 3.05) is 11.4 Å². The van der Waals surface area contributed by atoms with Crippen LogP contribution >= 0.6 is 0 Å². The zero-order chi connectivity index (χ0) is 24.7. The molecule has 0 bridgehead atoms. The van der Waals surface area contributed by atoms with Gasteiger partial charge in [-0.25, -0.2) is 18.9 Å². The molecule has 9 nitrogen and oxygen atoms in total. The SMILES string of the molecule is Cc1cn(C[C@H]2CN(c3ccc(-n4cnc(C(C)(C)O[SiH2]C(C)(C)C)c4)c(F)c3)C(=O)O2)nn1. The van der Waals surface area contributed by atoms with E-state index in [0.717, 1.165) is 11.4 Å². The normalized spacial score (nSPS) is 17.2. The largest absolute Gasteiger partial charge is 0.442 e. The van der Waals surface area contributed by atoms with Crippen LogP contribution in [0.1, 0.15) is 46.0 Å². The number of cyclic esters (lactones) is 1. The Morgan fingerprint density at radius 1 is 1.24 bits per heavy atom. The predicted octanol–water partition coefficient (Wildman–Crippen LogP) is 3.49. The van der Waals surface area contributed by atoms with Crippen molar-refractivity contribution in [1.82, 2.24) is 24.5 Å². The fourth-order valence-electron chi connectivity index (χ4n) is 3.63. The number of rotatable bonds is 7. The van der Waals surface area contributed by atoms with Gasteiger partial charge in [0.05, 0.1) is 47.8 Å². The van der Waals surface area contributed by atoms with Gasteiger partial charge in [0.2, 0.25) is 0 Å². The summed E-state index contributed by atoms with van der Waals surface area (Å²) in [6, 6.07) is 4.68. The van der Waals surface area contributed by atoms with Crippen molar-refractivity contribution in [2.24, 2.45) is 0 Å². The molecule has 0 radical (unpaired) electrons. The van der Waals surface area contributed by atoms with Crippen molar-refractivity contribution in [1.29, 1.82) is 0 Å². The number of imidazole rings is 1. The molecule has 0 unspecified atom stereocenters. The van der Waals surface area contributed by atoms with E-state index in [1.54, 1.807) is 40.1 Å². The predicted molar refractivity (Wildman–Crippen MR) is 128 cm³/mol. The molecule has 1 aliphatic rings. The molecule has 34 heavy (non-hydrogen) atoms. The number of carbonyl (C=O) groups is 1. The number of halogens is 1. The lowest BCUT2D eigenvalue weighted by atomic mass is 10.1. The van der Waals surface area contributed by atoms with Gasteiger partial charge in [0.25, 0.3) is 0 Å². The molecule has 0 spiro atoms. The second kappa shape index (κ2) is 8.95. The van der Waals surface area contributed by atoms with E-state index in [1.165, 1.54) is 11.0 Å². The molecule has 0 saturated carbocycles. The third-order valence-corrected chi connectivity index (χ3v) is 7.24. The fourth-order valence-corrected chi connectivity index (χ4v) is 4.57. The third kappa shape index (κ3) is 5.36. The molecule has 1 aromatic carbocycles. The number of ether oxygens (including phenoxy) is 1. The van der Waals surface area contributed by atoms with Gasteiger partial charge < -0.3 is 13.7 Å². The molecule has 1 aliphatic heterocycles. The third-order valence-electron chi connectivity index (χ3n) is 5.50. The summed E-state index contributed by atoms with van der Waals surface area (Å²) in [6.07, 6.45) is 4.24. The van der Waals surface area contributed by atoms with Crippen LogP contribution in [0.3, 0.4) is 0 Å². The van der Waals surface area contributed by atoms with Crippen molar-refractivity contribution < 1.29 is 18.3 Å². The molecule has 0 aliphatic carbocycles. The van der Waals surface area contributed by atoms with E-state index in [9.17, 15) is 4.79 Å². The van der Waals surface area contributed by atoms with E-state index in [4.69, 9.17) is 9.16 Å². The van der Waals surface area contributed by atoms with E-state index in [2.05, 4.69) is 36.1 Å². The molecule has 1 atom stereocenters. The Labute approximate surface area is 200 Å². The average Bonchev–Trinajstić information content (AvgIpc) is 3.47. The summed E-state index contributed by atoms with van der Waals surface area (Å²) in [5.41, 5.74) is 1.74. The highest BCUT2D eigenvalue weighted by atomic mass is 28.2. The summed E-state index contributed by atoms with van der Waals surface area (Å²) in [7, 11) is -0.783. The molecular formula is C23H31FN6O3Si. The van der Waals surface area contributed by atoms with Crippen LogP contribution in [0.25, 0.3) is 5.69 Å². The first-order valence-electron chi connectivity index (χ1n) is 11.2. The summed E-state index contributed by atoms with van der Waals surface area (Å²) in [5, 5.41) is 8.08. The minimum atomic E-state index is -0.783. The Balaban J connectivity index is 1.47. The van der Waals surface area contributed by atoms with Crippen LogP contribution in [0.2, 0.25) is 5.04 Å². The number of nitrogens with zero attached hydrogens (tertiary/aromatic N) is 6. The number of carbonyl (C=O) groups excluding carboxylic acids is 1. The smallest absolute Gasteiger partial charge is 0.414 e. The summed E-state index contributed by atoms with van der Waals surface area (Å²) < 4.78 is 30.0. The van der Waals surface area contributed by atoms with Gasteiger partial charge in [0, 0.05) is 12.4 Å². The van der Waals surface area contributed by atoms with Gasteiger partial charge in [-0.2, -0.15) is 0 Å². The number of anilines is 1. The standard InChI is InChI=1S/C23H31FN6O3Si/c1-15-10-29(27-26-15)11-17-12-30(21(31)32-17)16-7-8-19(18(24)9-16)28-13-20(25-14-28)23(5,6)33-34-22(2,3)4/h7-10,13-14,17H,11-12,34H2,1-6H3/t17-/m0/s1. The first-order chi connectivity index (χ1) is 15.9. The zero-order valence-corrected chi connectivity index (χ0v) is 21.9. The molecule has 1 amide bonds. The van der Waals surface area contributed by atoms with E-state index < -0.39 is 33.4 Å². The molecular weight excluding hydrogens is 455 g/mol. The van der Waals surface area contributed by atoms with Crippen LogP contribution in [0.15, 0.2) is 36.9 Å². The lowest BCUT2D eigenvalue weighted by molar-refractivity contribution is 0.105. The average molecular weight is 487 g/mol. The van der Waals surface area contributed by atoms with Gasteiger partial charge in [-0.05, 0) is 44.0 Å². The number of aryl methyl sites for hydroxylation is 1. The topological polar surface area (TPSA) is 87.3 Å². The Hall–Kier alpha value is -3.05. The zero-order valence-electron chi connectivity index (χ0n) is 20.4. The number of hydrogen-bond acceptors (Lipinski definition) is 6. The number of hydrogen-bond donors (Lipinski definition) is 0. The van der Waals surface area contributed by atoms with Crippen molar-refractivity contribution in [3.63, 3.8) is 0 Å². The molecule has 1 saturated heterocycles. The molecule has 3 aromatic rings. The summed E-state index contributed by atoms with van der Waals surface area (Å²) in [6.45, 7) is 13.0. The molecule has 4 rings (SSSR count). The van der Waals surface area contributed by atoms with Gasteiger partial charge in [0.1, 0.15) is 11.9 Å². The quantitative estimate of drug-likeness (QED) is 0.475. The second-order valence-electron chi connectivity index (χ2n) is 10.4. The maximum absolute atomic E-state index is 15.1. The molecule has 2 aromatic heterocycles. The van der Waals surface area contributed by atoms with Crippen molar-refractivity contribution >= 4 is 21.5 Å². The minimum Gasteiger partial charge on any atom is -0.442 e. The van der Waals surface area contributed by atoms with Gasteiger partial charge in [0.15, 0.2) is 9.76 Å². The highest BCUT2D eigenvalue weighted by Crippen LogP contribution is 2.30. The highest BCUT2D eigenvalue weighted by Gasteiger charge is 2.33. The van der Waals surface area contributed by atoms with Crippen molar-refractivity contribution in [3.05, 3.63) is 54.1 Å². The van der Waals surface area contributed by atoms with Crippen LogP contribution in [0, 0.1) is 12.7 Å². The van der Waals surface area contributed by atoms with Crippen LogP contribution < -0.4 is 4.90 Å². The Kier molecular flexibility index (Phi) is 6.34. The Bertz CT molecular complexity index is 1190. The van der Waals surface area contributed by atoms with E-state index in [1.807, 2.05) is 20.8 Å².